The fraction of sp³-hybridized carbons (Fsp3) is 0.312. The minimum absolute atomic E-state index is 0.139. The standard InChI is InChI=1S/C32H26ClF3N2O5/c1-15(2)28(31(42)43-14-23(39)37-22-13-16(32(34,35)36)11-12-21(22)33)38-29(40)26-24-17-7-3-4-8-18(17)25(27(26)30(38)41)20-10-6-5-9-19(20)24/h3-13,15,24-28H,14H2,1-2H3,(H,37,39)/t24?,25?,26-,27-,28+/m0/s1. The van der Waals surface area contributed by atoms with E-state index in [4.69, 9.17) is 16.3 Å². The van der Waals surface area contributed by atoms with E-state index in [1.807, 2.05) is 48.5 Å². The summed E-state index contributed by atoms with van der Waals surface area (Å²) >= 11 is 5.95. The summed E-state index contributed by atoms with van der Waals surface area (Å²) in [6.07, 6.45) is -4.66. The van der Waals surface area contributed by atoms with Gasteiger partial charge in [0, 0.05) is 11.8 Å². The maximum Gasteiger partial charge on any atom is 0.416 e. The fourth-order valence-electron chi connectivity index (χ4n) is 6.86. The van der Waals surface area contributed by atoms with Crippen LogP contribution in [0.25, 0.3) is 0 Å². The monoisotopic (exact) mass is 610 g/mol. The van der Waals surface area contributed by atoms with Gasteiger partial charge in [0.05, 0.1) is 28.1 Å². The van der Waals surface area contributed by atoms with E-state index in [1.165, 1.54) is 0 Å². The number of nitrogens with one attached hydrogen (secondary N) is 1. The first-order chi connectivity index (χ1) is 20.4. The minimum Gasteiger partial charge on any atom is -0.454 e. The molecule has 2 bridgehead atoms. The summed E-state index contributed by atoms with van der Waals surface area (Å²) < 4.78 is 44.5. The second-order valence-electron chi connectivity index (χ2n) is 11.3. The van der Waals surface area contributed by atoms with Crippen LogP contribution in [0.1, 0.15) is 53.5 Å². The summed E-state index contributed by atoms with van der Waals surface area (Å²) in [7, 11) is 0. The first kappa shape index (κ1) is 28.9. The Morgan fingerprint density at radius 3 is 1.81 bits per heavy atom. The first-order valence-corrected chi connectivity index (χ1v) is 14.2. The highest BCUT2D eigenvalue weighted by Gasteiger charge is 2.63. The molecule has 0 saturated carbocycles. The maximum atomic E-state index is 14.1. The van der Waals surface area contributed by atoms with Gasteiger partial charge in [-0.15, -0.1) is 0 Å². The molecule has 1 heterocycles. The SMILES string of the molecule is CC(C)[C@H](C(=O)OCC(=O)Nc1cc(C(F)(F)F)ccc1Cl)N1C(=O)[C@H]2C3c4ccccc4C(c4ccccc43)[C@@H]2C1=O. The molecule has 1 aliphatic heterocycles. The maximum absolute atomic E-state index is 14.1. The van der Waals surface area contributed by atoms with Crippen molar-refractivity contribution in [2.24, 2.45) is 17.8 Å². The number of amides is 3. The molecule has 0 spiro atoms. The number of nitrogens with zero attached hydrogens (tertiary/aromatic N) is 1. The Hall–Kier alpha value is -4.18. The molecule has 3 aliphatic carbocycles. The Morgan fingerprint density at radius 2 is 1.37 bits per heavy atom. The smallest absolute Gasteiger partial charge is 0.416 e. The summed E-state index contributed by atoms with van der Waals surface area (Å²) in [6.45, 7) is 2.46. The minimum atomic E-state index is -4.66. The van der Waals surface area contributed by atoms with Crippen LogP contribution in [0.3, 0.4) is 0 Å². The summed E-state index contributed by atoms with van der Waals surface area (Å²) in [5.74, 6) is -5.48. The third-order valence-corrected chi connectivity index (χ3v) is 8.88. The highest BCUT2D eigenvalue weighted by atomic mass is 35.5. The molecule has 1 N–H and O–H groups in total. The lowest BCUT2D eigenvalue weighted by Gasteiger charge is -2.45. The summed E-state index contributed by atoms with van der Waals surface area (Å²) in [5.41, 5.74) is 2.64. The normalized spacial score (nSPS) is 22.6. The fourth-order valence-corrected chi connectivity index (χ4v) is 7.02. The third-order valence-electron chi connectivity index (χ3n) is 8.55. The van der Waals surface area contributed by atoms with Crippen LogP contribution >= 0.6 is 11.6 Å². The molecule has 3 amide bonds. The number of anilines is 1. The van der Waals surface area contributed by atoms with Gasteiger partial charge in [-0.25, -0.2) is 4.79 Å². The number of alkyl halides is 3. The second-order valence-corrected chi connectivity index (χ2v) is 11.8. The van der Waals surface area contributed by atoms with Gasteiger partial charge in [0.1, 0.15) is 6.04 Å². The topological polar surface area (TPSA) is 92.8 Å². The number of halogens is 4. The number of rotatable bonds is 6. The van der Waals surface area contributed by atoms with Gasteiger partial charge in [-0.05, 0) is 46.4 Å². The molecule has 1 fully saturated rings. The van der Waals surface area contributed by atoms with Crippen molar-refractivity contribution in [1.29, 1.82) is 0 Å². The number of esters is 1. The Labute approximate surface area is 250 Å². The van der Waals surface area contributed by atoms with E-state index in [0.29, 0.717) is 6.07 Å². The zero-order chi connectivity index (χ0) is 30.8. The molecule has 43 heavy (non-hydrogen) atoms. The van der Waals surface area contributed by atoms with Crippen molar-refractivity contribution in [3.63, 3.8) is 0 Å². The Bertz CT molecular complexity index is 1560. The number of imide groups is 1. The van der Waals surface area contributed by atoms with Crippen LogP contribution < -0.4 is 5.32 Å². The lowest BCUT2D eigenvalue weighted by molar-refractivity contribution is -0.162. The van der Waals surface area contributed by atoms with Crippen molar-refractivity contribution in [2.75, 3.05) is 11.9 Å². The van der Waals surface area contributed by atoms with Crippen molar-refractivity contribution in [1.82, 2.24) is 4.90 Å². The lowest BCUT2D eigenvalue weighted by atomic mass is 9.55. The molecule has 3 atom stereocenters. The van der Waals surface area contributed by atoms with Crippen LogP contribution in [0.5, 0.6) is 0 Å². The van der Waals surface area contributed by atoms with E-state index >= 15 is 0 Å². The van der Waals surface area contributed by atoms with Crippen molar-refractivity contribution < 1.29 is 37.1 Å². The number of carbonyl (C=O) groups excluding carboxylic acids is 4. The molecular weight excluding hydrogens is 585 g/mol. The molecule has 0 radical (unpaired) electrons. The van der Waals surface area contributed by atoms with Crippen molar-refractivity contribution in [2.45, 2.75) is 37.9 Å². The van der Waals surface area contributed by atoms with E-state index in [9.17, 15) is 32.3 Å². The van der Waals surface area contributed by atoms with Crippen LogP contribution in [0.4, 0.5) is 18.9 Å². The number of benzene rings is 3. The van der Waals surface area contributed by atoms with Crippen molar-refractivity contribution >= 4 is 41.0 Å². The second kappa shape index (κ2) is 10.5. The predicted molar refractivity (Wildman–Crippen MR) is 150 cm³/mol. The Balaban J connectivity index is 1.23. The van der Waals surface area contributed by atoms with Gasteiger partial charge in [-0.3, -0.25) is 19.3 Å². The van der Waals surface area contributed by atoms with E-state index in [2.05, 4.69) is 5.32 Å². The van der Waals surface area contributed by atoms with E-state index in [-0.39, 0.29) is 22.5 Å². The van der Waals surface area contributed by atoms with E-state index in [0.717, 1.165) is 39.3 Å². The predicted octanol–water partition coefficient (Wildman–Crippen LogP) is 5.76. The molecular formula is C32H26ClF3N2O5. The van der Waals surface area contributed by atoms with Crippen LogP contribution in [-0.2, 0) is 30.1 Å². The van der Waals surface area contributed by atoms with Gasteiger partial charge < -0.3 is 10.1 Å². The quantitative estimate of drug-likeness (QED) is 0.283. The highest BCUT2D eigenvalue weighted by Crippen LogP contribution is 2.61. The molecule has 7 nitrogen and oxygen atoms in total. The van der Waals surface area contributed by atoms with Gasteiger partial charge in [-0.2, -0.15) is 13.2 Å². The summed E-state index contributed by atoms with van der Waals surface area (Å²) in [4.78, 5) is 55.0. The molecule has 222 valence electrons. The molecule has 0 unspecified atom stereocenters. The molecule has 0 aromatic heterocycles. The third kappa shape index (κ3) is 4.68. The van der Waals surface area contributed by atoms with Gasteiger partial charge in [0.25, 0.3) is 5.91 Å². The molecule has 11 heteroatoms. The first-order valence-electron chi connectivity index (χ1n) is 13.8. The zero-order valence-corrected chi connectivity index (χ0v) is 23.8. The number of likely N-dealkylation sites (tertiary alicyclic amines) is 1. The molecule has 4 aliphatic rings. The van der Waals surface area contributed by atoms with Crippen LogP contribution in [0.2, 0.25) is 5.02 Å². The highest BCUT2D eigenvalue weighted by molar-refractivity contribution is 6.33. The number of hydrogen-bond donors (Lipinski definition) is 1. The molecule has 7 rings (SSSR count). The average Bonchev–Trinajstić information content (AvgIpc) is 3.22. The molecule has 3 aromatic rings. The Morgan fingerprint density at radius 1 is 0.884 bits per heavy atom. The van der Waals surface area contributed by atoms with E-state index in [1.54, 1.807) is 13.8 Å². The summed E-state index contributed by atoms with van der Waals surface area (Å²) in [5, 5.41) is 2.08. The number of ether oxygens (including phenoxy) is 1. The molecule has 3 aromatic carbocycles. The Kier molecular flexibility index (Phi) is 7.07. The average molecular weight is 611 g/mol. The summed E-state index contributed by atoms with van der Waals surface area (Å²) in [6, 6.07) is 16.7. The zero-order valence-electron chi connectivity index (χ0n) is 23.0. The molecule has 1 saturated heterocycles. The van der Waals surface area contributed by atoms with Crippen LogP contribution in [-0.4, -0.2) is 41.2 Å². The van der Waals surface area contributed by atoms with E-state index < -0.39 is 65.8 Å². The lowest BCUT2D eigenvalue weighted by Crippen LogP contribution is -2.49. The van der Waals surface area contributed by atoms with Crippen molar-refractivity contribution in [3.05, 3.63) is 99.6 Å². The van der Waals surface area contributed by atoms with Crippen molar-refractivity contribution in [3.8, 4) is 0 Å². The number of carbonyl (C=O) groups is 4. The van der Waals surface area contributed by atoms with Gasteiger partial charge >= 0.3 is 12.1 Å². The number of hydrogen-bond acceptors (Lipinski definition) is 5. The van der Waals surface area contributed by atoms with Gasteiger partial charge in [0.15, 0.2) is 6.61 Å². The van der Waals surface area contributed by atoms with Crippen LogP contribution in [0, 0.1) is 17.8 Å². The van der Waals surface area contributed by atoms with Gasteiger partial charge in [0.2, 0.25) is 11.8 Å². The largest absolute Gasteiger partial charge is 0.454 e. The van der Waals surface area contributed by atoms with Gasteiger partial charge in [-0.1, -0.05) is 74.0 Å². The van der Waals surface area contributed by atoms with Crippen LogP contribution in [0.15, 0.2) is 66.7 Å².